The molecule has 52 heavy (non-hydrogen) atoms. The highest BCUT2D eigenvalue weighted by Crippen LogP contribution is 2.44. The fraction of sp³-hybridized carbons (Fsp3) is 0.438. The van der Waals surface area contributed by atoms with Gasteiger partial charge < -0.3 is 28.6 Å². The maximum absolute atomic E-state index is 13.3. The topological polar surface area (TPSA) is 80.1 Å². The monoisotopic (exact) mass is 834 g/mol. The van der Waals surface area contributed by atoms with Crippen molar-refractivity contribution in [2.24, 2.45) is 10.3 Å². The molecule has 0 atom stereocenters. The number of hydrogen-bond donors (Lipinski definition) is 0. The van der Waals surface area contributed by atoms with Gasteiger partial charge >= 0.3 is 12.4 Å². The predicted molar refractivity (Wildman–Crippen MR) is 184 cm³/mol. The molecule has 0 spiro atoms. The van der Waals surface area contributed by atoms with Gasteiger partial charge in [-0.1, -0.05) is 56.7 Å². The first-order valence-corrected chi connectivity index (χ1v) is 16.3. The van der Waals surface area contributed by atoms with E-state index in [2.05, 4.69) is 10.3 Å². The van der Waals surface area contributed by atoms with Crippen LogP contribution in [0.15, 0.2) is 57.3 Å². The molecular weight excluding hydrogens is 802 g/mol. The summed E-state index contributed by atoms with van der Waals surface area (Å²) in [6.45, 7) is 6.53. The van der Waals surface area contributed by atoms with Gasteiger partial charge in [0.25, 0.3) is 6.08 Å². The first kappa shape index (κ1) is 46.7. The molecule has 2 aromatic rings. The number of hydrogen-bond acceptors (Lipinski definition) is 8. The second kappa shape index (κ2) is 23.4. The number of halogens is 12. The minimum atomic E-state index is -4.76. The molecule has 2 rings (SSSR count). The van der Waals surface area contributed by atoms with Crippen LogP contribution in [0.2, 0.25) is 10.0 Å². The Kier molecular flexibility index (Phi) is 21.0. The quantitative estimate of drug-likeness (QED) is 0.0644. The van der Waals surface area contributed by atoms with E-state index < -0.39 is 47.7 Å². The van der Waals surface area contributed by atoms with E-state index in [1.54, 1.807) is 27.7 Å². The van der Waals surface area contributed by atoms with Crippen LogP contribution in [0.1, 0.15) is 51.7 Å². The van der Waals surface area contributed by atoms with Crippen LogP contribution in [-0.2, 0) is 22.0 Å². The Balaban J connectivity index is 0.000000520. The Morgan fingerprint density at radius 3 is 1.33 bits per heavy atom. The van der Waals surface area contributed by atoms with Gasteiger partial charge in [0.2, 0.25) is 0 Å². The van der Waals surface area contributed by atoms with Gasteiger partial charge in [-0.25, -0.2) is 0 Å². The van der Waals surface area contributed by atoms with Crippen molar-refractivity contribution in [3.63, 3.8) is 0 Å². The van der Waals surface area contributed by atoms with Crippen LogP contribution >= 0.6 is 46.4 Å². The van der Waals surface area contributed by atoms with Crippen molar-refractivity contribution in [3.05, 3.63) is 68.2 Å². The van der Waals surface area contributed by atoms with Gasteiger partial charge in [-0.3, -0.25) is 0 Å². The zero-order valence-corrected chi connectivity index (χ0v) is 31.0. The summed E-state index contributed by atoms with van der Waals surface area (Å²) >= 11 is 22.6. The average molecular weight is 836 g/mol. The van der Waals surface area contributed by atoms with E-state index in [0.29, 0.717) is 24.3 Å². The molecule has 0 aliphatic heterocycles. The number of benzene rings is 2. The maximum Gasteiger partial charge on any atom is 0.420 e. The number of rotatable bonds is 18. The largest absolute Gasteiger partial charge is 0.491 e. The lowest BCUT2D eigenvalue weighted by molar-refractivity contribution is -0.139. The van der Waals surface area contributed by atoms with Crippen molar-refractivity contribution in [1.82, 2.24) is 0 Å². The summed E-state index contributed by atoms with van der Waals surface area (Å²) in [5.74, 6) is -1.42. The third-order valence-corrected chi connectivity index (χ3v) is 6.24. The fourth-order valence-corrected chi connectivity index (χ4v) is 4.02. The highest BCUT2D eigenvalue weighted by atomic mass is 35.5. The van der Waals surface area contributed by atoms with Crippen molar-refractivity contribution >= 4 is 57.8 Å². The molecule has 292 valence electrons. The van der Waals surface area contributed by atoms with Gasteiger partial charge in [-0.2, -0.15) is 35.1 Å². The lowest BCUT2D eigenvalue weighted by atomic mass is 10.1. The van der Waals surface area contributed by atoms with Crippen LogP contribution in [-0.4, -0.2) is 51.1 Å². The fourth-order valence-electron chi connectivity index (χ4n) is 3.36. The van der Waals surface area contributed by atoms with E-state index in [0.717, 1.165) is 17.8 Å². The normalized spacial score (nSPS) is 10.9. The van der Waals surface area contributed by atoms with Gasteiger partial charge in [0.15, 0.2) is 0 Å². The highest BCUT2D eigenvalue weighted by molar-refractivity contribution is 6.55. The van der Waals surface area contributed by atoms with E-state index >= 15 is 0 Å². The SMILES string of the molecule is CC(C)=NOCCCOc1c(Cl)cc(OCC=C(Cl)Cl)cc1C(F)(F)F.CC(C)=NOCCCOc1c(Cl)cc(OCC=C(F)F)cc1C(F)(F)F. The summed E-state index contributed by atoms with van der Waals surface area (Å²) in [4.78, 5) is 9.86. The zero-order valence-electron chi connectivity index (χ0n) is 28.0. The minimum Gasteiger partial charge on any atom is -0.491 e. The summed E-state index contributed by atoms with van der Waals surface area (Å²) in [5.41, 5.74) is -0.766. The molecule has 0 N–H and O–H groups in total. The molecule has 20 heteroatoms. The van der Waals surface area contributed by atoms with E-state index in [1.165, 1.54) is 12.1 Å². The van der Waals surface area contributed by atoms with Gasteiger partial charge in [0.1, 0.15) is 65.0 Å². The van der Waals surface area contributed by atoms with Crippen LogP contribution in [0, 0.1) is 0 Å². The smallest absolute Gasteiger partial charge is 0.420 e. The lowest BCUT2D eigenvalue weighted by Crippen LogP contribution is -2.11. The van der Waals surface area contributed by atoms with Crippen LogP contribution in [0.25, 0.3) is 0 Å². The van der Waals surface area contributed by atoms with Gasteiger partial charge in [-0.05, 0) is 45.9 Å². The molecular formula is C32H34Cl4F8N2O6. The molecule has 0 saturated carbocycles. The number of oxime groups is 2. The van der Waals surface area contributed by atoms with Crippen LogP contribution in [0.4, 0.5) is 35.1 Å². The summed E-state index contributed by atoms with van der Waals surface area (Å²) in [6, 6.07) is 3.74. The van der Waals surface area contributed by atoms with Crippen LogP contribution in [0.3, 0.4) is 0 Å². The lowest BCUT2D eigenvalue weighted by Gasteiger charge is -2.17. The molecule has 0 radical (unpaired) electrons. The molecule has 0 unspecified atom stereocenters. The third kappa shape index (κ3) is 19.5. The van der Waals surface area contributed by atoms with Gasteiger partial charge in [0.05, 0.1) is 34.7 Å². The Morgan fingerprint density at radius 1 is 0.615 bits per heavy atom. The molecule has 0 heterocycles. The van der Waals surface area contributed by atoms with E-state index in [-0.39, 0.29) is 65.5 Å². The molecule has 0 aliphatic rings. The van der Waals surface area contributed by atoms with Crippen LogP contribution < -0.4 is 18.9 Å². The molecule has 0 bridgehead atoms. The van der Waals surface area contributed by atoms with Crippen molar-refractivity contribution in [2.45, 2.75) is 52.9 Å². The minimum absolute atomic E-state index is 0.0219. The van der Waals surface area contributed by atoms with Crippen molar-refractivity contribution in [2.75, 3.05) is 39.6 Å². The number of ether oxygens (including phenoxy) is 4. The second-order valence-corrected chi connectivity index (χ2v) is 12.1. The van der Waals surface area contributed by atoms with Crippen molar-refractivity contribution in [1.29, 1.82) is 0 Å². The van der Waals surface area contributed by atoms with Gasteiger partial charge in [0, 0.05) is 31.1 Å². The Bertz CT molecular complexity index is 1420. The zero-order chi connectivity index (χ0) is 39.5. The number of nitrogens with zero attached hydrogens (tertiary/aromatic N) is 2. The Morgan fingerprint density at radius 2 is 1.00 bits per heavy atom. The first-order chi connectivity index (χ1) is 24.2. The summed E-state index contributed by atoms with van der Waals surface area (Å²) in [5, 5.41) is 6.82. The predicted octanol–water partition coefficient (Wildman–Crippen LogP) is 11.9. The van der Waals surface area contributed by atoms with E-state index in [4.69, 9.17) is 75.0 Å². The summed E-state index contributed by atoms with van der Waals surface area (Å²) in [7, 11) is 0. The Hall–Kier alpha value is -3.34. The first-order valence-electron chi connectivity index (χ1n) is 14.8. The molecule has 2 aromatic carbocycles. The summed E-state index contributed by atoms with van der Waals surface area (Å²) < 4.78 is 124. The molecule has 0 aromatic heterocycles. The second-order valence-electron chi connectivity index (χ2n) is 10.3. The highest BCUT2D eigenvalue weighted by Gasteiger charge is 2.37. The molecule has 0 fully saturated rings. The molecule has 0 aliphatic carbocycles. The molecule has 0 saturated heterocycles. The van der Waals surface area contributed by atoms with Crippen molar-refractivity contribution < 1.29 is 63.7 Å². The standard InChI is InChI=1S/C16H17Cl3F3NO3.C16H17ClF5NO3/c2*1-10(2)23-26-6-3-5-25-15-12(16(20,21)22)8-11(9-13(15)17)24-7-4-14(18)19/h2*4,8-9H,3,5-7H2,1-2H3. The summed E-state index contributed by atoms with van der Waals surface area (Å²) in [6.07, 6.45) is -9.11. The Labute approximate surface area is 314 Å². The van der Waals surface area contributed by atoms with E-state index in [9.17, 15) is 35.1 Å². The average Bonchev–Trinajstić information content (AvgIpc) is 3.00. The maximum atomic E-state index is 13.3. The third-order valence-electron chi connectivity index (χ3n) is 5.37. The molecule has 8 nitrogen and oxygen atoms in total. The van der Waals surface area contributed by atoms with E-state index in [1.807, 2.05) is 0 Å². The van der Waals surface area contributed by atoms with Gasteiger partial charge in [-0.15, -0.1) is 0 Å². The number of alkyl halides is 6. The van der Waals surface area contributed by atoms with Crippen LogP contribution in [0.5, 0.6) is 23.0 Å². The molecule has 0 amide bonds. The van der Waals surface area contributed by atoms with Crippen molar-refractivity contribution in [3.8, 4) is 23.0 Å².